The highest BCUT2D eigenvalue weighted by molar-refractivity contribution is 5.96. The Balaban J connectivity index is 0.000000801. The van der Waals surface area contributed by atoms with Gasteiger partial charge in [-0.25, -0.2) is 0 Å². The van der Waals surface area contributed by atoms with E-state index in [1.54, 1.807) is 0 Å². The van der Waals surface area contributed by atoms with E-state index in [1.807, 2.05) is 12.1 Å². The van der Waals surface area contributed by atoms with Crippen molar-refractivity contribution in [2.45, 2.75) is 133 Å². The maximum absolute atomic E-state index is 12.2. The monoisotopic (exact) mass is 670 g/mol. The molecular formula is C42H75N3O3. The van der Waals surface area contributed by atoms with E-state index in [0.29, 0.717) is 56.9 Å². The molecule has 2 rings (SSSR count). The van der Waals surface area contributed by atoms with Crippen LogP contribution in [0.25, 0.3) is 0 Å². The first-order chi connectivity index (χ1) is 22.7. The molecule has 0 fully saturated rings. The lowest BCUT2D eigenvalue weighted by atomic mass is 10.00. The first-order valence-corrected chi connectivity index (χ1v) is 18.8. The van der Waals surface area contributed by atoms with Gasteiger partial charge >= 0.3 is 0 Å². The number of anilines is 1. The van der Waals surface area contributed by atoms with E-state index in [-0.39, 0.29) is 5.78 Å². The second kappa shape index (κ2) is 28.6. The van der Waals surface area contributed by atoms with Gasteiger partial charge in [0.1, 0.15) is 0 Å². The molecule has 0 spiro atoms. The minimum atomic E-state index is 0.190. The number of benzene rings is 2. The smallest absolute Gasteiger partial charge is 0.162 e. The van der Waals surface area contributed by atoms with Crippen LogP contribution in [0.1, 0.15) is 124 Å². The standard InChI is InChI=1S/C21H35NO3.C13H21N.C8H19N/c1-17(2)16-19-7-9-20(10-8-19)21(23)6-5-12-24-14-15-25-13-11-22-18(3)4;1-10(2)9-12-5-7-13(8-6-12)14-11(3)4;1-7(2)5-6-9-8(3)4/h7-10,17-18,22H,5-6,11-16H2,1-4H3;5-8,10-11,14H,9H2,1-4H3;7-9H,5-6H2,1-4H3. The predicted octanol–water partition coefficient (Wildman–Crippen LogP) is 9.62. The van der Waals surface area contributed by atoms with Gasteiger partial charge in [0.15, 0.2) is 5.78 Å². The van der Waals surface area contributed by atoms with Gasteiger partial charge in [0.25, 0.3) is 0 Å². The van der Waals surface area contributed by atoms with Crippen molar-refractivity contribution in [1.82, 2.24) is 10.6 Å². The van der Waals surface area contributed by atoms with E-state index in [9.17, 15) is 4.79 Å². The lowest BCUT2D eigenvalue weighted by Crippen LogP contribution is -2.27. The molecule has 0 radical (unpaired) electrons. The molecule has 0 bridgehead atoms. The fourth-order valence-corrected chi connectivity index (χ4v) is 4.72. The fourth-order valence-electron chi connectivity index (χ4n) is 4.72. The van der Waals surface area contributed by atoms with Crippen LogP contribution in [0.2, 0.25) is 0 Å². The summed E-state index contributed by atoms with van der Waals surface area (Å²) in [7, 11) is 0. The van der Waals surface area contributed by atoms with E-state index in [0.717, 1.165) is 43.3 Å². The van der Waals surface area contributed by atoms with E-state index in [1.165, 1.54) is 29.7 Å². The number of rotatable bonds is 22. The lowest BCUT2D eigenvalue weighted by Gasteiger charge is -2.11. The van der Waals surface area contributed by atoms with E-state index in [4.69, 9.17) is 9.47 Å². The van der Waals surface area contributed by atoms with Crippen molar-refractivity contribution in [3.05, 3.63) is 65.2 Å². The van der Waals surface area contributed by atoms with Crippen molar-refractivity contribution in [3.63, 3.8) is 0 Å². The Kier molecular flexibility index (Phi) is 27.2. The van der Waals surface area contributed by atoms with Crippen molar-refractivity contribution in [2.24, 2.45) is 17.8 Å². The first kappa shape index (κ1) is 45.8. The molecule has 3 N–H and O–H groups in total. The minimum absolute atomic E-state index is 0.190. The van der Waals surface area contributed by atoms with Gasteiger partial charge in [-0.05, 0) is 87.1 Å². The third kappa shape index (κ3) is 28.7. The second-order valence-electron chi connectivity index (χ2n) is 15.0. The van der Waals surface area contributed by atoms with Gasteiger partial charge < -0.3 is 25.4 Å². The first-order valence-electron chi connectivity index (χ1n) is 18.8. The van der Waals surface area contributed by atoms with Crippen LogP contribution in [0.3, 0.4) is 0 Å². The van der Waals surface area contributed by atoms with Crippen LogP contribution in [0.15, 0.2) is 48.5 Å². The van der Waals surface area contributed by atoms with Crippen LogP contribution in [0.5, 0.6) is 0 Å². The largest absolute Gasteiger partial charge is 0.383 e. The third-order valence-corrected chi connectivity index (χ3v) is 7.11. The Morgan fingerprint density at radius 3 is 1.50 bits per heavy atom. The van der Waals surface area contributed by atoms with Crippen LogP contribution in [-0.2, 0) is 22.3 Å². The predicted molar refractivity (Wildman–Crippen MR) is 210 cm³/mol. The van der Waals surface area contributed by atoms with Crippen LogP contribution >= 0.6 is 0 Å². The Morgan fingerprint density at radius 1 is 0.562 bits per heavy atom. The summed E-state index contributed by atoms with van der Waals surface area (Å²) < 4.78 is 11.0. The molecule has 0 amide bonds. The highest BCUT2D eigenvalue weighted by Gasteiger charge is 2.06. The van der Waals surface area contributed by atoms with Crippen LogP contribution in [-0.4, -0.2) is 63.4 Å². The molecule has 0 aliphatic rings. The second-order valence-corrected chi connectivity index (χ2v) is 15.0. The molecule has 2 aromatic rings. The van der Waals surface area contributed by atoms with Crippen molar-refractivity contribution < 1.29 is 14.3 Å². The Bertz CT molecular complexity index is 978. The molecule has 2 aromatic carbocycles. The molecule has 0 aromatic heterocycles. The molecule has 6 heteroatoms. The molecule has 48 heavy (non-hydrogen) atoms. The number of hydrogen-bond donors (Lipinski definition) is 3. The summed E-state index contributed by atoms with van der Waals surface area (Å²) in [5.41, 5.74) is 4.73. The Morgan fingerprint density at radius 2 is 1.04 bits per heavy atom. The maximum atomic E-state index is 12.2. The molecule has 0 saturated heterocycles. The average molecular weight is 670 g/mol. The van der Waals surface area contributed by atoms with Crippen LogP contribution in [0, 0.1) is 17.8 Å². The quantitative estimate of drug-likeness (QED) is 0.0857. The number of carbonyl (C=O) groups excluding carboxylic acids is 1. The maximum Gasteiger partial charge on any atom is 0.162 e. The number of carbonyl (C=O) groups is 1. The highest BCUT2D eigenvalue weighted by Crippen LogP contribution is 2.14. The number of nitrogens with one attached hydrogen (secondary N) is 3. The van der Waals surface area contributed by atoms with Gasteiger partial charge in [0.2, 0.25) is 0 Å². The van der Waals surface area contributed by atoms with Crippen molar-refractivity contribution >= 4 is 11.5 Å². The summed E-state index contributed by atoms with van der Waals surface area (Å²) >= 11 is 0. The SMILES string of the molecule is CC(C)CCNC(C)C.CC(C)Cc1ccc(C(=O)CCCOCCOCCNC(C)C)cc1.CC(C)Cc1ccc(NC(C)C)cc1. The zero-order chi connectivity index (χ0) is 36.3. The molecule has 0 unspecified atom stereocenters. The van der Waals surface area contributed by atoms with Gasteiger partial charge in [-0.1, -0.05) is 106 Å². The lowest BCUT2D eigenvalue weighted by molar-refractivity contribution is 0.0467. The Labute approximate surface area is 296 Å². The molecule has 0 saturated carbocycles. The molecule has 0 atom stereocenters. The van der Waals surface area contributed by atoms with Crippen molar-refractivity contribution in [3.8, 4) is 0 Å². The topological polar surface area (TPSA) is 71.6 Å². The van der Waals surface area contributed by atoms with Gasteiger partial charge in [0, 0.05) is 48.9 Å². The van der Waals surface area contributed by atoms with Crippen LogP contribution < -0.4 is 16.0 Å². The highest BCUT2D eigenvalue weighted by atomic mass is 16.5. The molecule has 0 aliphatic heterocycles. The average Bonchev–Trinajstić information content (AvgIpc) is 2.99. The zero-order valence-corrected chi connectivity index (χ0v) is 33.1. The summed E-state index contributed by atoms with van der Waals surface area (Å²) in [5, 5.41) is 10.1. The third-order valence-electron chi connectivity index (χ3n) is 7.11. The fraction of sp³-hybridized carbons (Fsp3) is 0.690. The number of Topliss-reactive ketones (excluding diaryl/α,β-unsaturated/α-hetero) is 1. The normalized spacial score (nSPS) is 11.3. The molecule has 0 heterocycles. The summed E-state index contributed by atoms with van der Waals surface area (Å²) in [6, 6.07) is 18.4. The van der Waals surface area contributed by atoms with E-state index < -0.39 is 0 Å². The van der Waals surface area contributed by atoms with Crippen molar-refractivity contribution in [1.29, 1.82) is 0 Å². The van der Waals surface area contributed by atoms with E-state index >= 15 is 0 Å². The number of ketones is 1. The molecule has 276 valence electrons. The van der Waals surface area contributed by atoms with Gasteiger partial charge in [-0.2, -0.15) is 0 Å². The van der Waals surface area contributed by atoms with E-state index in [2.05, 4.69) is 135 Å². The van der Waals surface area contributed by atoms with Crippen LogP contribution in [0.4, 0.5) is 5.69 Å². The van der Waals surface area contributed by atoms with Gasteiger partial charge in [-0.3, -0.25) is 4.79 Å². The molecular weight excluding hydrogens is 594 g/mol. The number of hydrogen-bond acceptors (Lipinski definition) is 6. The minimum Gasteiger partial charge on any atom is -0.383 e. The summed E-state index contributed by atoms with van der Waals surface area (Å²) in [6.07, 6.45) is 4.79. The summed E-state index contributed by atoms with van der Waals surface area (Å²) in [4.78, 5) is 12.2. The summed E-state index contributed by atoms with van der Waals surface area (Å²) in [6.45, 7) is 30.8. The van der Waals surface area contributed by atoms with Crippen molar-refractivity contribution in [2.75, 3.05) is 44.8 Å². The molecule has 0 aliphatic carbocycles. The molecule has 6 nitrogen and oxygen atoms in total. The number of ether oxygens (including phenoxy) is 2. The van der Waals surface area contributed by atoms with Gasteiger partial charge in [0.05, 0.1) is 19.8 Å². The Hall–Kier alpha value is -2.25. The zero-order valence-electron chi connectivity index (χ0n) is 33.1. The summed E-state index contributed by atoms with van der Waals surface area (Å²) in [5.74, 6) is 2.39. The van der Waals surface area contributed by atoms with Gasteiger partial charge in [-0.15, -0.1) is 0 Å².